The first-order valence-corrected chi connectivity index (χ1v) is 3.26. The lowest BCUT2D eigenvalue weighted by atomic mass is 10.3. The molecule has 60 valence electrons. The van der Waals surface area contributed by atoms with Crippen molar-refractivity contribution in [2.45, 2.75) is 0 Å². The summed E-state index contributed by atoms with van der Waals surface area (Å²) in [6, 6.07) is 0. The van der Waals surface area contributed by atoms with E-state index in [9.17, 15) is 4.79 Å². The Morgan fingerprint density at radius 2 is 1.82 bits per heavy atom. The molecule has 0 heterocycles. The third kappa shape index (κ3) is 4.14. The molecule has 0 amide bonds. The second-order valence-electron chi connectivity index (χ2n) is 2.41. The standard InChI is InChI=1S/C9H13NO/c1-8(7-11)5-6-9(2)10(3)4/h5-7H,1-2H2,3-4H3/b6-5-. The second kappa shape index (κ2) is 4.50. The van der Waals surface area contributed by atoms with Crippen molar-refractivity contribution in [2.75, 3.05) is 14.1 Å². The number of rotatable bonds is 4. The Hall–Kier alpha value is -1.31. The molecule has 0 aliphatic carbocycles. The Morgan fingerprint density at radius 3 is 2.18 bits per heavy atom. The van der Waals surface area contributed by atoms with Gasteiger partial charge in [0.05, 0.1) is 0 Å². The Labute approximate surface area is 67.5 Å². The van der Waals surface area contributed by atoms with E-state index >= 15 is 0 Å². The molecule has 0 bridgehead atoms. The average molecular weight is 151 g/mol. The van der Waals surface area contributed by atoms with Crippen molar-refractivity contribution in [3.8, 4) is 0 Å². The van der Waals surface area contributed by atoms with Gasteiger partial charge >= 0.3 is 0 Å². The fraction of sp³-hybridized carbons (Fsp3) is 0.222. The van der Waals surface area contributed by atoms with E-state index in [1.807, 2.05) is 19.0 Å². The average Bonchev–Trinajstić information content (AvgIpc) is 1.99. The molecule has 2 nitrogen and oxygen atoms in total. The predicted molar refractivity (Wildman–Crippen MR) is 47.2 cm³/mol. The fourth-order valence-electron chi connectivity index (χ4n) is 0.392. The molecule has 0 fully saturated rings. The summed E-state index contributed by atoms with van der Waals surface area (Å²) in [5.74, 6) is 0. The van der Waals surface area contributed by atoms with Crippen LogP contribution in [0.2, 0.25) is 0 Å². The van der Waals surface area contributed by atoms with E-state index in [1.54, 1.807) is 12.2 Å². The van der Waals surface area contributed by atoms with Crippen molar-refractivity contribution in [2.24, 2.45) is 0 Å². The van der Waals surface area contributed by atoms with Gasteiger partial charge < -0.3 is 4.90 Å². The molecule has 0 unspecified atom stereocenters. The van der Waals surface area contributed by atoms with E-state index in [-0.39, 0.29) is 0 Å². The van der Waals surface area contributed by atoms with Gasteiger partial charge in [0.2, 0.25) is 0 Å². The number of allylic oxidation sites excluding steroid dienone is 3. The molecule has 11 heavy (non-hydrogen) atoms. The van der Waals surface area contributed by atoms with Crippen molar-refractivity contribution in [3.05, 3.63) is 36.6 Å². The third-order valence-electron chi connectivity index (χ3n) is 1.22. The minimum Gasteiger partial charge on any atom is -0.378 e. The van der Waals surface area contributed by atoms with Crippen molar-refractivity contribution < 1.29 is 4.79 Å². The van der Waals surface area contributed by atoms with Gasteiger partial charge in [0.25, 0.3) is 0 Å². The summed E-state index contributed by atoms with van der Waals surface area (Å²) in [4.78, 5) is 11.9. The molecule has 0 saturated carbocycles. The molecule has 0 aliphatic rings. The molecule has 0 aromatic heterocycles. The normalized spacial score (nSPS) is 9.64. The monoisotopic (exact) mass is 151 g/mol. The molecular weight excluding hydrogens is 138 g/mol. The topological polar surface area (TPSA) is 20.3 Å². The van der Waals surface area contributed by atoms with Gasteiger partial charge in [-0.25, -0.2) is 0 Å². The molecule has 0 rings (SSSR count). The van der Waals surface area contributed by atoms with Crippen molar-refractivity contribution >= 4 is 6.29 Å². The maximum atomic E-state index is 10.1. The van der Waals surface area contributed by atoms with Gasteiger partial charge in [-0.1, -0.05) is 19.2 Å². The zero-order valence-corrected chi connectivity index (χ0v) is 7.00. The highest BCUT2D eigenvalue weighted by molar-refractivity contribution is 5.76. The number of likely N-dealkylation sites (N-methyl/N-ethyl adjacent to an activating group) is 1. The Kier molecular flexibility index (Phi) is 3.96. The van der Waals surface area contributed by atoms with Crippen LogP contribution in [-0.2, 0) is 4.79 Å². The van der Waals surface area contributed by atoms with Gasteiger partial charge in [0.15, 0.2) is 0 Å². The minimum absolute atomic E-state index is 0.452. The fourth-order valence-corrected chi connectivity index (χ4v) is 0.392. The molecule has 0 saturated heterocycles. The second-order valence-corrected chi connectivity index (χ2v) is 2.41. The Bertz CT molecular complexity index is 202. The number of aldehydes is 1. The summed E-state index contributed by atoms with van der Waals surface area (Å²) in [6.45, 7) is 7.23. The first kappa shape index (κ1) is 9.69. The van der Waals surface area contributed by atoms with Crippen LogP contribution in [0, 0.1) is 0 Å². The van der Waals surface area contributed by atoms with E-state index in [1.165, 1.54) is 0 Å². The predicted octanol–water partition coefficient (Wildman–Crippen LogP) is 1.37. The molecule has 2 heteroatoms. The minimum atomic E-state index is 0.452. The first-order chi connectivity index (χ1) is 5.07. The lowest BCUT2D eigenvalue weighted by molar-refractivity contribution is -0.104. The molecule has 0 spiro atoms. The van der Waals surface area contributed by atoms with Crippen molar-refractivity contribution in [1.29, 1.82) is 0 Å². The molecule has 0 aliphatic heterocycles. The number of nitrogens with zero attached hydrogens (tertiary/aromatic N) is 1. The summed E-state index contributed by atoms with van der Waals surface area (Å²) in [5.41, 5.74) is 1.29. The Balaban J connectivity index is 4.03. The molecule has 0 aromatic carbocycles. The molecule has 0 atom stereocenters. The van der Waals surface area contributed by atoms with Crippen LogP contribution in [-0.4, -0.2) is 25.3 Å². The molecular formula is C9H13NO. The summed E-state index contributed by atoms with van der Waals surface area (Å²) in [6.07, 6.45) is 4.09. The maximum absolute atomic E-state index is 10.1. The van der Waals surface area contributed by atoms with Crippen LogP contribution in [0.5, 0.6) is 0 Å². The van der Waals surface area contributed by atoms with Crippen LogP contribution in [0.1, 0.15) is 0 Å². The molecule has 0 aromatic rings. The summed E-state index contributed by atoms with van der Waals surface area (Å²) in [7, 11) is 3.77. The summed E-state index contributed by atoms with van der Waals surface area (Å²) >= 11 is 0. The Morgan fingerprint density at radius 1 is 1.27 bits per heavy atom. The highest BCUT2D eigenvalue weighted by atomic mass is 16.1. The number of hydrogen-bond acceptors (Lipinski definition) is 2. The van der Waals surface area contributed by atoms with Gasteiger partial charge in [-0.05, 0) is 6.08 Å². The highest BCUT2D eigenvalue weighted by Gasteiger charge is 1.88. The van der Waals surface area contributed by atoms with Crippen molar-refractivity contribution in [1.82, 2.24) is 4.90 Å². The van der Waals surface area contributed by atoms with Crippen LogP contribution < -0.4 is 0 Å². The van der Waals surface area contributed by atoms with Crippen LogP contribution in [0.3, 0.4) is 0 Å². The van der Waals surface area contributed by atoms with Crippen LogP contribution in [0.15, 0.2) is 36.6 Å². The maximum Gasteiger partial charge on any atom is 0.149 e. The lowest BCUT2D eigenvalue weighted by Crippen LogP contribution is -2.07. The van der Waals surface area contributed by atoms with Crippen LogP contribution in [0.4, 0.5) is 0 Å². The smallest absolute Gasteiger partial charge is 0.149 e. The van der Waals surface area contributed by atoms with Gasteiger partial charge in [-0.3, -0.25) is 4.79 Å². The van der Waals surface area contributed by atoms with Crippen LogP contribution in [0.25, 0.3) is 0 Å². The van der Waals surface area contributed by atoms with E-state index in [0.29, 0.717) is 11.9 Å². The molecule has 0 radical (unpaired) electrons. The quantitative estimate of drug-likeness (QED) is 0.343. The van der Waals surface area contributed by atoms with Gasteiger partial charge in [0.1, 0.15) is 6.29 Å². The van der Waals surface area contributed by atoms with E-state index in [4.69, 9.17) is 0 Å². The van der Waals surface area contributed by atoms with Crippen molar-refractivity contribution in [3.63, 3.8) is 0 Å². The number of carbonyl (C=O) groups is 1. The van der Waals surface area contributed by atoms with E-state index in [2.05, 4.69) is 13.2 Å². The SMILES string of the molecule is C=C(C=O)/C=C\C(=C)N(C)C. The lowest BCUT2D eigenvalue weighted by Gasteiger charge is -2.10. The van der Waals surface area contributed by atoms with Gasteiger partial charge in [0, 0.05) is 25.4 Å². The number of hydrogen-bond donors (Lipinski definition) is 0. The van der Waals surface area contributed by atoms with Gasteiger partial charge in [-0.2, -0.15) is 0 Å². The highest BCUT2D eigenvalue weighted by Crippen LogP contribution is 1.98. The first-order valence-electron chi connectivity index (χ1n) is 3.26. The molecule has 0 N–H and O–H groups in total. The largest absolute Gasteiger partial charge is 0.378 e. The van der Waals surface area contributed by atoms with E-state index in [0.717, 1.165) is 5.70 Å². The zero-order chi connectivity index (χ0) is 8.85. The third-order valence-corrected chi connectivity index (χ3v) is 1.22. The van der Waals surface area contributed by atoms with Gasteiger partial charge in [-0.15, -0.1) is 0 Å². The van der Waals surface area contributed by atoms with Crippen LogP contribution >= 0.6 is 0 Å². The summed E-state index contributed by atoms with van der Waals surface area (Å²) < 4.78 is 0. The zero-order valence-electron chi connectivity index (χ0n) is 7.00. The summed E-state index contributed by atoms with van der Waals surface area (Å²) in [5, 5.41) is 0. The van der Waals surface area contributed by atoms with E-state index < -0.39 is 0 Å². The number of carbonyl (C=O) groups excluding carboxylic acids is 1.